The van der Waals surface area contributed by atoms with Gasteiger partial charge in [-0.2, -0.15) is 10.2 Å². The minimum absolute atomic E-state index is 0.357. The Bertz CT molecular complexity index is 650. The van der Waals surface area contributed by atoms with Crippen molar-refractivity contribution >= 4 is 0 Å². The predicted molar refractivity (Wildman–Crippen MR) is 77.2 cm³/mol. The van der Waals surface area contributed by atoms with E-state index in [9.17, 15) is 0 Å². The van der Waals surface area contributed by atoms with Crippen LogP contribution in [-0.2, 0) is 0 Å². The predicted octanol–water partition coefficient (Wildman–Crippen LogP) is 3.69. The van der Waals surface area contributed by atoms with Gasteiger partial charge in [0.05, 0.1) is 0 Å². The van der Waals surface area contributed by atoms with Crippen molar-refractivity contribution < 1.29 is 4.52 Å². The van der Waals surface area contributed by atoms with Gasteiger partial charge in [-0.1, -0.05) is 18.5 Å². The van der Waals surface area contributed by atoms with Crippen LogP contribution in [0.3, 0.4) is 0 Å². The first kappa shape index (κ1) is 13.7. The Kier molecular flexibility index (Phi) is 3.96. The summed E-state index contributed by atoms with van der Waals surface area (Å²) in [6.45, 7) is 2.26. The largest absolute Gasteiger partial charge is 0.334 e. The molecule has 0 spiro atoms. The molecule has 0 atom stereocenters. The van der Waals surface area contributed by atoms with Crippen molar-refractivity contribution in [2.45, 2.75) is 44.9 Å². The van der Waals surface area contributed by atoms with Gasteiger partial charge < -0.3 is 4.52 Å². The van der Waals surface area contributed by atoms with Crippen LogP contribution in [0.1, 0.15) is 56.5 Å². The van der Waals surface area contributed by atoms with Gasteiger partial charge in [0, 0.05) is 17.7 Å². The van der Waals surface area contributed by atoms with Crippen LogP contribution in [-0.4, -0.2) is 15.1 Å². The van der Waals surface area contributed by atoms with Gasteiger partial charge >= 0.3 is 0 Å². The monoisotopic (exact) mass is 282 g/mol. The number of hydrogen-bond acceptors (Lipinski definition) is 5. The second kappa shape index (κ2) is 6.04. The highest BCUT2D eigenvalue weighted by Crippen LogP contribution is 2.36. The fourth-order valence-electron chi connectivity index (χ4n) is 2.97. The molecule has 108 valence electrons. The van der Waals surface area contributed by atoms with Gasteiger partial charge in [0.2, 0.25) is 0 Å². The van der Waals surface area contributed by atoms with Crippen molar-refractivity contribution in [2.75, 3.05) is 0 Å². The zero-order valence-electron chi connectivity index (χ0n) is 12.1. The van der Waals surface area contributed by atoms with E-state index in [1.807, 2.05) is 6.07 Å². The molecular weight excluding hydrogens is 264 g/mol. The summed E-state index contributed by atoms with van der Waals surface area (Å²) in [5.41, 5.74) is 1.11. The van der Waals surface area contributed by atoms with Crippen molar-refractivity contribution in [3.63, 3.8) is 0 Å². The fraction of sp³-hybridized carbons (Fsp3) is 0.500. The van der Waals surface area contributed by atoms with Gasteiger partial charge in [0.25, 0.3) is 5.89 Å². The average molecular weight is 282 g/mol. The maximum absolute atomic E-state index is 8.89. The third-order valence-corrected chi connectivity index (χ3v) is 4.35. The molecule has 1 aliphatic carbocycles. The maximum atomic E-state index is 8.89. The SMILES string of the molecule is CCC1CCC(c2noc(-c3ccnc(C#N)c3)n2)CC1. The van der Waals surface area contributed by atoms with Gasteiger partial charge in [-0.25, -0.2) is 4.98 Å². The lowest BCUT2D eigenvalue weighted by atomic mass is 9.80. The number of aromatic nitrogens is 3. The lowest BCUT2D eigenvalue weighted by Crippen LogP contribution is -2.13. The standard InChI is InChI=1S/C16H18N4O/c1-2-11-3-5-12(6-4-11)15-19-16(21-20-15)13-7-8-18-14(9-13)10-17/h7-9,11-12H,2-6H2,1H3. The number of nitrogens with zero attached hydrogens (tertiary/aromatic N) is 4. The van der Waals surface area contributed by atoms with E-state index in [2.05, 4.69) is 22.0 Å². The highest BCUT2D eigenvalue weighted by molar-refractivity contribution is 5.54. The zero-order chi connectivity index (χ0) is 14.7. The molecule has 0 radical (unpaired) electrons. The van der Waals surface area contributed by atoms with E-state index in [0.29, 0.717) is 17.5 Å². The normalized spacial score (nSPS) is 21.9. The fourth-order valence-corrected chi connectivity index (χ4v) is 2.97. The Balaban J connectivity index is 1.76. The van der Waals surface area contributed by atoms with Crippen molar-refractivity contribution in [3.05, 3.63) is 29.8 Å². The number of nitriles is 1. The second-order valence-corrected chi connectivity index (χ2v) is 5.63. The van der Waals surface area contributed by atoms with E-state index >= 15 is 0 Å². The molecule has 2 heterocycles. The van der Waals surface area contributed by atoms with E-state index < -0.39 is 0 Å². The Morgan fingerprint density at radius 3 is 2.86 bits per heavy atom. The molecule has 0 aliphatic heterocycles. The van der Waals surface area contributed by atoms with E-state index in [4.69, 9.17) is 9.78 Å². The molecule has 0 saturated heterocycles. The van der Waals surface area contributed by atoms with Crippen LogP contribution in [0, 0.1) is 17.2 Å². The maximum Gasteiger partial charge on any atom is 0.258 e. The van der Waals surface area contributed by atoms with Gasteiger partial charge in [0.1, 0.15) is 11.8 Å². The molecule has 5 heteroatoms. The first-order chi connectivity index (χ1) is 10.3. The van der Waals surface area contributed by atoms with Crippen LogP contribution in [0.15, 0.2) is 22.9 Å². The molecule has 2 aromatic heterocycles. The minimum Gasteiger partial charge on any atom is -0.334 e. The summed E-state index contributed by atoms with van der Waals surface area (Å²) in [4.78, 5) is 8.46. The van der Waals surface area contributed by atoms with Gasteiger partial charge in [-0.3, -0.25) is 0 Å². The molecule has 0 N–H and O–H groups in total. The zero-order valence-corrected chi connectivity index (χ0v) is 12.1. The molecule has 21 heavy (non-hydrogen) atoms. The quantitative estimate of drug-likeness (QED) is 0.858. The Morgan fingerprint density at radius 1 is 1.33 bits per heavy atom. The van der Waals surface area contributed by atoms with Crippen molar-refractivity contribution in [2.24, 2.45) is 5.92 Å². The molecule has 0 unspecified atom stereocenters. The molecule has 0 aromatic carbocycles. The summed E-state index contributed by atoms with van der Waals surface area (Å²) < 4.78 is 5.36. The molecule has 0 amide bonds. The third kappa shape index (κ3) is 2.94. The summed E-state index contributed by atoms with van der Waals surface area (Å²) in [5, 5.41) is 13.0. The Labute approximate surface area is 124 Å². The minimum atomic E-state index is 0.357. The Morgan fingerprint density at radius 2 is 2.14 bits per heavy atom. The topological polar surface area (TPSA) is 75.6 Å². The van der Waals surface area contributed by atoms with Crippen LogP contribution in [0.4, 0.5) is 0 Å². The van der Waals surface area contributed by atoms with Gasteiger partial charge in [0.15, 0.2) is 5.82 Å². The lowest BCUT2D eigenvalue weighted by molar-refractivity contribution is 0.305. The lowest BCUT2D eigenvalue weighted by Gasteiger charge is -2.25. The summed E-state index contributed by atoms with van der Waals surface area (Å²) in [7, 11) is 0. The molecule has 1 saturated carbocycles. The van der Waals surface area contributed by atoms with Gasteiger partial charge in [-0.05, 0) is 43.7 Å². The first-order valence-electron chi connectivity index (χ1n) is 7.50. The van der Waals surface area contributed by atoms with Gasteiger partial charge in [-0.15, -0.1) is 0 Å². The summed E-state index contributed by atoms with van der Waals surface area (Å²) in [6, 6.07) is 5.47. The van der Waals surface area contributed by atoms with Crippen molar-refractivity contribution in [3.8, 4) is 17.5 Å². The summed E-state index contributed by atoms with van der Waals surface area (Å²) in [6.07, 6.45) is 7.62. The van der Waals surface area contributed by atoms with Crippen LogP contribution in [0.25, 0.3) is 11.5 Å². The molecule has 2 aromatic rings. The van der Waals surface area contributed by atoms with Crippen LogP contribution < -0.4 is 0 Å². The van der Waals surface area contributed by atoms with Crippen LogP contribution in [0.2, 0.25) is 0 Å². The number of hydrogen-bond donors (Lipinski definition) is 0. The number of rotatable bonds is 3. The molecule has 1 fully saturated rings. The number of pyridine rings is 1. The smallest absolute Gasteiger partial charge is 0.258 e. The molecule has 5 nitrogen and oxygen atoms in total. The highest BCUT2D eigenvalue weighted by Gasteiger charge is 2.25. The van der Waals surface area contributed by atoms with E-state index in [1.54, 1.807) is 18.3 Å². The van der Waals surface area contributed by atoms with Crippen molar-refractivity contribution in [1.29, 1.82) is 5.26 Å². The third-order valence-electron chi connectivity index (χ3n) is 4.35. The van der Waals surface area contributed by atoms with Crippen LogP contribution >= 0.6 is 0 Å². The summed E-state index contributed by atoms with van der Waals surface area (Å²) >= 11 is 0. The van der Waals surface area contributed by atoms with E-state index in [-0.39, 0.29) is 0 Å². The Hall–Kier alpha value is -2.22. The highest BCUT2D eigenvalue weighted by atomic mass is 16.5. The second-order valence-electron chi connectivity index (χ2n) is 5.63. The molecule has 3 rings (SSSR count). The molecule has 0 bridgehead atoms. The summed E-state index contributed by atoms with van der Waals surface area (Å²) in [5.74, 6) is 2.53. The van der Waals surface area contributed by atoms with E-state index in [1.165, 1.54) is 19.3 Å². The molecule has 1 aliphatic rings. The van der Waals surface area contributed by atoms with Crippen molar-refractivity contribution in [1.82, 2.24) is 15.1 Å². The van der Waals surface area contributed by atoms with Crippen LogP contribution in [0.5, 0.6) is 0 Å². The first-order valence-corrected chi connectivity index (χ1v) is 7.50. The van der Waals surface area contributed by atoms with E-state index in [0.717, 1.165) is 30.1 Å². The average Bonchev–Trinajstić information content (AvgIpc) is 3.05. The molecular formula is C16H18N4O.